The van der Waals surface area contributed by atoms with Crippen molar-refractivity contribution in [3.05, 3.63) is 30.1 Å². The molecule has 1 rings (SSSR count). The number of carbonyl (C=O) groups excluding carboxylic acids is 1. The highest BCUT2D eigenvalue weighted by molar-refractivity contribution is 5.84. The van der Waals surface area contributed by atoms with E-state index in [4.69, 9.17) is 4.74 Å². The molecular weight excluding hydrogens is 199 g/mol. The van der Waals surface area contributed by atoms with Crippen molar-refractivity contribution in [2.24, 2.45) is 0 Å². The molecule has 82 valence electrons. The second-order valence-corrected chi connectivity index (χ2v) is 3.57. The van der Waals surface area contributed by atoms with Crippen LogP contribution in [0.2, 0.25) is 0 Å². The topological polar surface area (TPSA) is 46.5 Å². The van der Waals surface area contributed by atoms with Gasteiger partial charge in [-0.05, 0) is 38.1 Å². The molecule has 4 heteroatoms. The second-order valence-electron chi connectivity index (χ2n) is 3.57. The summed E-state index contributed by atoms with van der Waals surface area (Å²) < 4.78 is 17.7. The smallest absolute Gasteiger partial charge is 0.164 e. The highest BCUT2D eigenvalue weighted by Gasteiger charge is 2.27. The van der Waals surface area contributed by atoms with Gasteiger partial charge in [-0.15, -0.1) is 0 Å². The average Bonchev–Trinajstić information content (AvgIpc) is 2.17. The van der Waals surface area contributed by atoms with Gasteiger partial charge in [-0.2, -0.15) is 0 Å². The summed E-state index contributed by atoms with van der Waals surface area (Å²) in [5.41, 5.74) is -1.51. The molecule has 0 unspecified atom stereocenters. The molecule has 1 aromatic rings. The molecule has 0 fully saturated rings. The van der Waals surface area contributed by atoms with Crippen molar-refractivity contribution in [3.8, 4) is 5.75 Å². The minimum atomic E-state index is -1.51. The number of carbonyl (C=O) groups is 1. The number of rotatable bonds is 4. The van der Waals surface area contributed by atoms with E-state index in [9.17, 15) is 14.3 Å². The Labute approximate surface area is 87.5 Å². The molecule has 0 bridgehead atoms. The summed E-state index contributed by atoms with van der Waals surface area (Å²) in [4.78, 5) is 11.0. The Morgan fingerprint density at radius 2 is 2.00 bits per heavy atom. The molecule has 0 amide bonds. The minimum Gasteiger partial charge on any atom is -0.490 e. The quantitative estimate of drug-likeness (QED) is 0.823. The highest BCUT2D eigenvalue weighted by atomic mass is 19.1. The van der Waals surface area contributed by atoms with Gasteiger partial charge in [-0.3, -0.25) is 4.79 Å². The number of aliphatic hydroxyl groups is 1. The first kappa shape index (κ1) is 11.7. The molecule has 0 aliphatic heterocycles. The number of hydrogen-bond acceptors (Lipinski definition) is 3. The molecule has 0 aliphatic carbocycles. The van der Waals surface area contributed by atoms with Crippen LogP contribution in [-0.2, 0) is 4.79 Å². The lowest BCUT2D eigenvalue weighted by Gasteiger charge is -2.19. The second kappa shape index (κ2) is 4.40. The third-order valence-corrected chi connectivity index (χ3v) is 2.09. The Kier molecular flexibility index (Phi) is 3.42. The third-order valence-electron chi connectivity index (χ3n) is 2.09. The summed E-state index contributed by atoms with van der Waals surface area (Å²) >= 11 is 0. The predicted molar refractivity (Wildman–Crippen MR) is 53.2 cm³/mol. The van der Waals surface area contributed by atoms with Crippen LogP contribution in [0, 0.1) is 5.82 Å². The van der Waals surface area contributed by atoms with Crippen LogP contribution < -0.4 is 4.74 Å². The Bertz CT molecular complexity index is 343. The van der Waals surface area contributed by atoms with Crippen LogP contribution in [0.4, 0.5) is 4.39 Å². The summed E-state index contributed by atoms with van der Waals surface area (Å²) in [6.07, 6.45) is 0. The van der Waals surface area contributed by atoms with Crippen molar-refractivity contribution in [3.63, 3.8) is 0 Å². The SMILES string of the molecule is CC(=O)[C@](C)(O)COc1ccc(F)cc1. The van der Waals surface area contributed by atoms with Gasteiger partial charge >= 0.3 is 0 Å². The van der Waals surface area contributed by atoms with Crippen molar-refractivity contribution in [1.29, 1.82) is 0 Å². The van der Waals surface area contributed by atoms with Gasteiger partial charge in [0.15, 0.2) is 11.4 Å². The monoisotopic (exact) mass is 212 g/mol. The van der Waals surface area contributed by atoms with Crippen molar-refractivity contribution in [1.82, 2.24) is 0 Å². The fourth-order valence-electron chi connectivity index (χ4n) is 0.856. The summed E-state index contributed by atoms with van der Waals surface area (Å²) in [5.74, 6) is -0.316. The van der Waals surface area contributed by atoms with Crippen LogP contribution in [0.5, 0.6) is 5.75 Å². The first-order valence-electron chi connectivity index (χ1n) is 4.53. The average molecular weight is 212 g/mol. The highest BCUT2D eigenvalue weighted by Crippen LogP contribution is 2.14. The first-order valence-corrected chi connectivity index (χ1v) is 4.53. The minimum absolute atomic E-state index is 0.145. The molecule has 1 atom stereocenters. The largest absolute Gasteiger partial charge is 0.490 e. The number of Topliss-reactive ketones (excluding diaryl/α,β-unsaturated/α-hetero) is 1. The summed E-state index contributed by atoms with van der Waals surface area (Å²) in [6, 6.07) is 5.37. The van der Waals surface area contributed by atoms with Crippen LogP contribution in [0.25, 0.3) is 0 Å². The molecule has 0 radical (unpaired) electrons. The van der Waals surface area contributed by atoms with Gasteiger partial charge in [0, 0.05) is 0 Å². The first-order chi connectivity index (χ1) is 6.92. The van der Waals surface area contributed by atoms with E-state index in [1.807, 2.05) is 0 Å². The lowest BCUT2D eigenvalue weighted by atomic mass is 10.0. The number of benzene rings is 1. The van der Waals surface area contributed by atoms with Crippen LogP contribution >= 0.6 is 0 Å². The standard InChI is InChI=1S/C11H13FO3/c1-8(13)11(2,14)7-15-10-5-3-9(12)4-6-10/h3-6,14H,7H2,1-2H3/t11-/m1/s1. The lowest BCUT2D eigenvalue weighted by molar-refractivity contribution is -0.136. The summed E-state index contributed by atoms with van der Waals surface area (Å²) in [5, 5.41) is 9.56. The fourth-order valence-corrected chi connectivity index (χ4v) is 0.856. The third kappa shape index (κ3) is 3.32. The molecule has 0 saturated heterocycles. The molecule has 0 saturated carbocycles. The number of ether oxygens (including phenoxy) is 1. The van der Waals surface area contributed by atoms with Gasteiger partial charge in [-0.1, -0.05) is 0 Å². The maximum Gasteiger partial charge on any atom is 0.164 e. The van der Waals surface area contributed by atoms with Gasteiger partial charge in [0.05, 0.1) is 0 Å². The molecule has 3 nitrogen and oxygen atoms in total. The molecule has 0 aromatic heterocycles. The maximum absolute atomic E-state index is 12.5. The van der Waals surface area contributed by atoms with Gasteiger partial charge < -0.3 is 9.84 Å². The molecule has 0 aliphatic rings. The Hall–Kier alpha value is -1.42. The fraction of sp³-hybridized carbons (Fsp3) is 0.364. The number of hydrogen-bond donors (Lipinski definition) is 1. The lowest BCUT2D eigenvalue weighted by Crippen LogP contribution is -2.39. The zero-order valence-corrected chi connectivity index (χ0v) is 8.66. The van der Waals surface area contributed by atoms with E-state index in [-0.39, 0.29) is 18.2 Å². The zero-order chi connectivity index (χ0) is 11.5. The molecule has 0 spiro atoms. The zero-order valence-electron chi connectivity index (χ0n) is 8.66. The predicted octanol–water partition coefficient (Wildman–Crippen LogP) is 1.54. The van der Waals surface area contributed by atoms with Gasteiger partial charge in [0.2, 0.25) is 0 Å². The summed E-state index contributed by atoms with van der Waals surface area (Å²) in [7, 11) is 0. The van der Waals surface area contributed by atoms with E-state index in [2.05, 4.69) is 0 Å². The number of halogens is 1. The number of ketones is 1. The van der Waals surface area contributed by atoms with E-state index in [0.717, 1.165) is 0 Å². The molecule has 1 aromatic carbocycles. The van der Waals surface area contributed by atoms with E-state index in [1.54, 1.807) is 0 Å². The molecule has 1 N–H and O–H groups in total. The van der Waals surface area contributed by atoms with Crippen molar-refractivity contribution < 1.29 is 19.0 Å². The van der Waals surface area contributed by atoms with Crippen LogP contribution in [0.15, 0.2) is 24.3 Å². The molecule has 0 heterocycles. The Morgan fingerprint density at radius 1 is 1.47 bits per heavy atom. The van der Waals surface area contributed by atoms with Gasteiger partial charge in [0.1, 0.15) is 18.2 Å². The summed E-state index contributed by atoms with van der Waals surface area (Å²) in [6.45, 7) is 2.51. The van der Waals surface area contributed by atoms with Crippen LogP contribution in [-0.4, -0.2) is 23.1 Å². The molecule has 15 heavy (non-hydrogen) atoms. The van der Waals surface area contributed by atoms with E-state index in [1.165, 1.54) is 38.1 Å². The van der Waals surface area contributed by atoms with Crippen molar-refractivity contribution >= 4 is 5.78 Å². The Morgan fingerprint density at radius 3 is 2.47 bits per heavy atom. The van der Waals surface area contributed by atoms with Crippen molar-refractivity contribution in [2.75, 3.05) is 6.61 Å². The maximum atomic E-state index is 12.5. The molecular formula is C11H13FO3. The Balaban J connectivity index is 2.57. The van der Waals surface area contributed by atoms with Crippen LogP contribution in [0.1, 0.15) is 13.8 Å². The van der Waals surface area contributed by atoms with Crippen molar-refractivity contribution in [2.45, 2.75) is 19.4 Å². The van der Waals surface area contributed by atoms with Gasteiger partial charge in [-0.25, -0.2) is 4.39 Å². The van der Waals surface area contributed by atoms with E-state index >= 15 is 0 Å². The van der Waals surface area contributed by atoms with E-state index < -0.39 is 5.60 Å². The normalized spacial score (nSPS) is 14.4. The van der Waals surface area contributed by atoms with Crippen LogP contribution in [0.3, 0.4) is 0 Å². The van der Waals surface area contributed by atoms with Gasteiger partial charge in [0.25, 0.3) is 0 Å². The van der Waals surface area contributed by atoms with E-state index in [0.29, 0.717) is 5.75 Å².